The van der Waals surface area contributed by atoms with E-state index in [1.165, 1.54) is 6.07 Å². The van der Waals surface area contributed by atoms with E-state index in [1.54, 1.807) is 57.2 Å². The predicted molar refractivity (Wildman–Crippen MR) is 155 cm³/mol. The zero-order chi connectivity index (χ0) is 29.2. The largest absolute Gasteiger partial charge is 0.492 e. The summed E-state index contributed by atoms with van der Waals surface area (Å²) in [7, 11) is 0. The van der Waals surface area contributed by atoms with Gasteiger partial charge < -0.3 is 24.8 Å². The summed E-state index contributed by atoms with van der Waals surface area (Å²) in [6, 6.07) is 11.3. The summed E-state index contributed by atoms with van der Waals surface area (Å²) in [5, 5.41) is 6.46. The molecule has 1 aromatic heterocycles. The molecule has 0 spiro atoms. The molecule has 0 fully saturated rings. The molecule has 212 valence electrons. The number of esters is 2. The van der Waals surface area contributed by atoms with E-state index >= 15 is 0 Å². The lowest BCUT2D eigenvalue weighted by atomic mass is 10.1. The number of carbonyl (C=O) groups is 4. The molecule has 0 radical (unpaired) electrons. The highest BCUT2D eigenvalue weighted by atomic mass is 35.5. The lowest BCUT2D eigenvalue weighted by Gasteiger charge is -2.10. The minimum absolute atomic E-state index is 0.0822. The van der Waals surface area contributed by atoms with Gasteiger partial charge in [-0.1, -0.05) is 35.3 Å². The Kier molecular flexibility index (Phi) is 11.4. The van der Waals surface area contributed by atoms with E-state index in [4.69, 9.17) is 37.4 Å². The van der Waals surface area contributed by atoms with Gasteiger partial charge in [0, 0.05) is 11.4 Å². The highest BCUT2D eigenvalue weighted by molar-refractivity contribution is 7.19. The van der Waals surface area contributed by atoms with Gasteiger partial charge in [-0.25, -0.2) is 9.59 Å². The van der Waals surface area contributed by atoms with Gasteiger partial charge in [0.1, 0.15) is 10.8 Å². The molecule has 2 aromatic carbocycles. The molecular formula is C28H28Cl2N2O7S. The van der Waals surface area contributed by atoms with Gasteiger partial charge in [0.25, 0.3) is 5.91 Å². The molecule has 2 N–H and O–H groups in total. The molecule has 12 heteroatoms. The molecule has 0 saturated carbocycles. The Balaban J connectivity index is 1.74. The van der Waals surface area contributed by atoms with Crippen LogP contribution in [0, 0.1) is 6.92 Å². The van der Waals surface area contributed by atoms with Crippen LogP contribution >= 0.6 is 34.5 Å². The van der Waals surface area contributed by atoms with Crippen LogP contribution in [-0.2, 0) is 14.3 Å². The number of para-hydroxylation sites is 1. The molecule has 0 bridgehead atoms. The smallest absolute Gasteiger partial charge is 0.341 e. The first-order valence-electron chi connectivity index (χ1n) is 12.4. The van der Waals surface area contributed by atoms with Crippen molar-refractivity contribution in [3.63, 3.8) is 0 Å². The number of anilines is 2. The van der Waals surface area contributed by atoms with E-state index < -0.39 is 17.8 Å². The Bertz CT molecular complexity index is 1410. The third kappa shape index (κ3) is 7.97. The maximum Gasteiger partial charge on any atom is 0.341 e. The maximum absolute atomic E-state index is 13.2. The van der Waals surface area contributed by atoms with Crippen molar-refractivity contribution in [2.24, 2.45) is 0 Å². The first kappa shape index (κ1) is 30.9. The zero-order valence-electron chi connectivity index (χ0n) is 22.1. The van der Waals surface area contributed by atoms with Crippen LogP contribution < -0.4 is 15.4 Å². The summed E-state index contributed by atoms with van der Waals surface area (Å²) in [5.74, 6) is -1.73. The third-order valence-electron chi connectivity index (χ3n) is 5.46. The van der Waals surface area contributed by atoms with E-state index in [9.17, 15) is 19.2 Å². The highest BCUT2D eigenvalue weighted by Crippen LogP contribution is 2.35. The molecule has 3 rings (SSSR count). The van der Waals surface area contributed by atoms with Crippen LogP contribution in [-0.4, -0.2) is 43.6 Å². The molecule has 1 heterocycles. The van der Waals surface area contributed by atoms with Gasteiger partial charge in [-0.2, -0.15) is 0 Å². The average molecular weight is 608 g/mol. The Morgan fingerprint density at radius 2 is 1.62 bits per heavy atom. The number of benzene rings is 2. The number of hydrogen-bond acceptors (Lipinski definition) is 8. The molecule has 3 aromatic rings. The molecule has 0 unspecified atom stereocenters. The number of rotatable bonds is 12. The Hall–Kier alpha value is -3.60. The molecule has 9 nitrogen and oxygen atoms in total. The van der Waals surface area contributed by atoms with Crippen LogP contribution in [0.25, 0.3) is 0 Å². The van der Waals surface area contributed by atoms with Crippen molar-refractivity contribution < 1.29 is 33.4 Å². The summed E-state index contributed by atoms with van der Waals surface area (Å²) in [6.07, 6.45) is 0.445. The van der Waals surface area contributed by atoms with E-state index in [-0.39, 0.29) is 58.8 Å². The SMILES string of the molecule is CCOC(=O)c1ccccc1NC(=O)c1sc(NC(=O)CCCOc2ccc(Cl)cc2Cl)c(C(=O)OCC)c1C. The van der Waals surface area contributed by atoms with Crippen molar-refractivity contribution in [2.45, 2.75) is 33.6 Å². The van der Waals surface area contributed by atoms with Gasteiger partial charge in [-0.05, 0) is 63.1 Å². The quantitative estimate of drug-likeness (QED) is 0.172. The molecular weight excluding hydrogens is 579 g/mol. The van der Waals surface area contributed by atoms with Gasteiger partial charge in [0.2, 0.25) is 5.91 Å². The normalized spacial score (nSPS) is 10.5. The Morgan fingerprint density at radius 1 is 0.925 bits per heavy atom. The van der Waals surface area contributed by atoms with Crippen molar-refractivity contribution in [3.05, 3.63) is 74.1 Å². The van der Waals surface area contributed by atoms with Gasteiger partial charge in [0.05, 0.1) is 46.5 Å². The summed E-state index contributed by atoms with van der Waals surface area (Å²) in [6.45, 7) is 5.44. The van der Waals surface area contributed by atoms with Gasteiger partial charge in [-0.3, -0.25) is 9.59 Å². The van der Waals surface area contributed by atoms with Crippen molar-refractivity contribution in [3.8, 4) is 5.75 Å². The van der Waals surface area contributed by atoms with Crippen molar-refractivity contribution >= 4 is 69.0 Å². The van der Waals surface area contributed by atoms with E-state index in [2.05, 4.69) is 10.6 Å². The van der Waals surface area contributed by atoms with Crippen LogP contribution in [0.2, 0.25) is 10.0 Å². The number of thiophene rings is 1. The minimum Gasteiger partial charge on any atom is -0.492 e. The molecule has 0 saturated heterocycles. The molecule has 0 aliphatic carbocycles. The predicted octanol–water partition coefficient (Wildman–Crippen LogP) is 6.77. The van der Waals surface area contributed by atoms with Crippen LogP contribution in [0.1, 0.15) is 62.6 Å². The summed E-state index contributed by atoms with van der Waals surface area (Å²) in [5.41, 5.74) is 0.870. The van der Waals surface area contributed by atoms with Crippen molar-refractivity contribution in [2.75, 3.05) is 30.5 Å². The fourth-order valence-corrected chi connectivity index (χ4v) is 5.19. The Morgan fingerprint density at radius 3 is 2.33 bits per heavy atom. The van der Waals surface area contributed by atoms with Crippen molar-refractivity contribution in [1.82, 2.24) is 0 Å². The fraction of sp³-hybridized carbons (Fsp3) is 0.286. The van der Waals surface area contributed by atoms with Gasteiger partial charge in [0.15, 0.2) is 0 Å². The summed E-state index contributed by atoms with van der Waals surface area (Å²) in [4.78, 5) is 51.2. The maximum atomic E-state index is 13.2. The summed E-state index contributed by atoms with van der Waals surface area (Å²) < 4.78 is 15.8. The molecule has 0 aliphatic heterocycles. The second-order valence-corrected chi connectivity index (χ2v) is 10.1. The van der Waals surface area contributed by atoms with E-state index in [0.717, 1.165) is 11.3 Å². The lowest BCUT2D eigenvalue weighted by molar-refractivity contribution is -0.116. The Labute approximate surface area is 245 Å². The highest BCUT2D eigenvalue weighted by Gasteiger charge is 2.27. The fourth-order valence-electron chi connectivity index (χ4n) is 3.62. The number of ether oxygens (including phenoxy) is 3. The van der Waals surface area contributed by atoms with Crippen LogP contribution in [0.5, 0.6) is 5.75 Å². The minimum atomic E-state index is -0.668. The van der Waals surface area contributed by atoms with Crippen LogP contribution in [0.4, 0.5) is 10.7 Å². The third-order valence-corrected chi connectivity index (χ3v) is 7.19. The first-order chi connectivity index (χ1) is 19.2. The number of halogens is 2. The number of nitrogens with one attached hydrogen (secondary N) is 2. The molecule has 40 heavy (non-hydrogen) atoms. The number of amides is 2. The van der Waals surface area contributed by atoms with Crippen molar-refractivity contribution in [1.29, 1.82) is 0 Å². The molecule has 0 aliphatic rings. The second-order valence-electron chi connectivity index (χ2n) is 8.28. The van der Waals surface area contributed by atoms with E-state index in [0.29, 0.717) is 27.8 Å². The number of carbonyl (C=O) groups excluding carboxylic acids is 4. The standard InChI is InChI=1S/C28H28Cl2N2O7S/c1-4-37-27(35)18-9-6-7-10-20(18)31-25(34)24-16(3)23(28(36)38-5-2)26(40-24)32-22(33)11-8-14-39-21-13-12-17(29)15-19(21)30/h6-7,9-10,12-13,15H,4-5,8,11,14H2,1-3H3,(H,31,34)(H,32,33). The van der Waals surface area contributed by atoms with Crippen LogP contribution in [0.15, 0.2) is 42.5 Å². The monoisotopic (exact) mass is 606 g/mol. The second kappa shape index (κ2) is 14.7. The molecule has 2 amide bonds. The summed E-state index contributed by atoms with van der Waals surface area (Å²) >= 11 is 12.9. The van der Waals surface area contributed by atoms with Gasteiger partial charge >= 0.3 is 11.9 Å². The average Bonchev–Trinajstić information content (AvgIpc) is 3.23. The zero-order valence-corrected chi connectivity index (χ0v) is 24.4. The first-order valence-corrected chi connectivity index (χ1v) is 14.0. The number of hydrogen-bond donors (Lipinski definition) is 2. The van der Waals surface area contributed by atoms with Gasteiger partial charge in [-0.15, -0.1) is 11.3 Å². The van der Waals surface area contributed by atoms with Crippen LogP contribution in [0.3, 0.4) is 0 Å². The topological polar surface area (TPSA) is 120 Å². The lowest BCUT2D eigenvalue weighted by Crippen LogP contribution is -2.16. The van der Waals surface area contributed by atoms with E-state index in [1.807, 2.05) is 0 Å². The molecule has 0 atom stereocenters.